The van der Waals surface area contributed by atoms with Crippen LogP contribution in [0.15, 0.2) is 0 Å². The Morgan fingerprint density at radius 1 is 1.10 bits per heavy atom. The molecule has 1 aromatic heterocycles. The summed E-state index contributed by atoms with van der Waals surface area (Å²) in [5, 5.41) is 0.859. The molecule has 20 heavy (non-hydrogen) atoms. The van der Waals surface area contributed by atoms with Gasteiger partial charge in [0.2, 0.25) is 5.91 Å². The lowest BCUT2D eigenvalue weighted by molar-refractivity contribution is -0.118. The van der Waals surface area contributed by atoms with Crippen LogP contribution in [-0.4, -0.2) is 55.4 Å². The Bertz CT molecular complexity index is 551. The Morgan fingerprint density at radius 3 is 2.50 bits per heavy atom. The summed E-state index contributed by atoms with van der Waals surface area (Å²) in [7, 11) is 3.34. The van der Waals surface area contributed by atoms with E-state index in [9.17, 15) is 9.59 Å². The molecule has 3 heterocycles. The van der Waals surface area contributed by atoms with Crippen molar-refractivity contribution in [3.8, 4) is 0 Å². The van der Waals surface area contributed by atoms with Crippen LogP contribution in [0.2, 0.25) is 0 Å². The van der Waals surface area contributed by atoms with Gasteiger partial charge in [0.05, 0.1) is 0 Å². The van der Waals surface area contributed by atoms with Gasteiger partial charge in [-0.15, -0.1) is 0 Å². The molecule has 6 nitrogen and oxygen atoms in total. The highest BCUT2D eigenvalue weighted by Gasteiger charge is 2.32. The van der Waals surface area contributed by atoms with Gasteiger partial charge in [0.15, 0.2) is 10.9 Å². The number of anilines is 2. The third kappa shape index (κ3) is 2.15. The minimum atomic E-state index is -0.113. The molecule has 0 spiro atoms. The Hall–Kier alpha value is -1.63. The molecule has 1 saturated heterocycles. The summed E-state index contributed by atoms with van der Waals surface area (Å²) in [5.74, 6) is 0.295. The SMILES string of the molecule is CN1CC(=O)N(C)c2nc(N3CCCCC3)sc2C1=O. The number of amides is 2. The molecule has 7 heteroatoms. The minimum Gasteiger partial charge on any atom is -0.348 e. The highest BCUT2D eigenvalue weighted by Crippen LogP contribution is 2.35. The van der Waals surface area contributed by atoms with Gasteiger partial charge in [0.1, 0.15) is 11.4 Å². The topological polar surface area (TPSA) is 56.8 Å². The number of rotatable bonds is 1. The molecule has 0 aliphatic carbocycles. The molecule has 2 aliphatic heterocycles. The molecular weight excluding hydrogens is 276 g/mol. The summed E-state index contributed by atoms with van der Waals surface area (Å²) in [6.07, 6.45) is 3.57. The van der Waals surface area contributed by atoms with Crippen LogP contribution in [0.4, 0.5) is 10.9 Å². The van der Waals surface area contributed by atoms with Crippen LogP contribution in [0.3, 0.4) is 0 Å². The maximum atomic E-state index is 12.3. The molecule has 0 radical (unpaired) electrons. The fourth-order valence-corrected chi connectivity index (χ4v) is 3.70. The molecule has 108 valence electrons. The molecule has 0 saturated carbocycles. The highest BCUT2D eigenvalue weighted by molar-refractivity contribution is 7.18. The van der Waals surface area contributed by atoms with Gasteiger partial charge in [-0.1, -0.05) is 11.3 Å². The number of carbonyl (C=O) groups is 2. The van der Waals surface area contributed by atoms with E-state index in [1.54, 1.807) is 14.1 Å². The zero-order valence-corrected chi connectivity index (χ0v) is 12.6. The third-order valence-corrected chi connectivity index (χ3v) is 4.92. The first kappa shape index (κ1) is 13.4. The summed E-state index contributed by atoms with van der Waals surface area (Å²) < 4.78 is 0. The number of hydrogen-bond donors (Lipinski definition) is 0. The van der Waals surface area contributed by atoms with E-state index < -0.39 is 0 Å². The van der Waals surface area contributed by atoms with Gasteiger partial charge in [-0.05, 0) is 19.3 Å². The number of piperidine rings is 1. The molecule has 2 amide bonds. The predicted octanol–water partition coefficient (Wildman–Crippen LogP) is 1.18. The van der Waals surface area contributed by atoms with Crippen LogP contribution in [0.1, 0.15) is 28.9 Å². The number of carbonyl (C=O) groups excluding carboxylic acids is 2. The predicted molar refractivity (Wildman–Crippen MR) is 78.5 cm³/mol. The summed E-state index contributed by atoms with van der Waals surface area (Å²) in [6.45, 7) is 2.07. The molecule has 0 unspecified atom stereocenters. The van der Waals surface area contributed by atoms with Crippen LogP contribution in [0.5, 0.6) is 0 Å². The first-order valence-corrected chi connectivity index (χ1v) is 7.67. The molecule has 0 N–H and O–H groups in total. The lowest BCUT2D eigenvalue weighted by Gasteiger charge is -2.26. The van der Waals surface area contributed by atoms with Gasteiger partial charge in [-0.2, -0.15) is 0 Å². The van der Waals surface area contributed by atoms with Gasteiger partial charge < -0.3 is 9.80 Å². The van der Waals surface area contributed by atoms with Crippen LogP contribution in [0, 0.1) is 0 Å². The standard InChI is InChI=1S/C13H18N4O2S/c1-15-8-9(18)16(2)11-10(12(15)19)20-13(14-11)17-6-4-3-5-7-17/h3-8H2,1-2H3. The van der Waals surface area contributed by atoms with E-state index in [2.05, 4.69) is 9.88 Å². The first-order chi connectivity index (χ1) is 9.58. The van der Waals surface area contributed by atoms with Gasteiger partial charge in [0.25, 0.3) is 5.91 Å². The molecule has 0 bridgehead atoms. The Morgan fingerprint density at radius 2 is 1.80 bits per heavy atom. The number of nitrogens with zero attached hydrogens (tertiary/aromatic N) is 4. The Kier molecular flexibility index (Phi) is 3.37. The van der Waals surface area contributed by atoms with E-state index >= 15 is 0 Å². The number of fused-ring (bicyclic) bond motifs is 1. The smallest absolute Gasteiger partial charge is 0.268 e. The first-order valence-electron chi connectivity index (χ1n) is 6.85. The van der Waals surface area contributed by atoms with Crippen molar-refractivity contribution in [1.82, 2.24) is 9.88 Å². The fourth-order valence-electron chi connectivity index (χ4n) is 2.56. The maximum absolute atomic E-state index is 12.3. The quantitative estimate of drug-likeness (QED) is 0.780. The van der Waals surface area contributed by atoms with Crippen LogP contribution in [-0.2, 0) is 4.79 Å². The van der Waals surface area contributed by atoms with Crippen molar-refractivity contribution in [2.75, 3.05) is 43.5 Å². The third-order valence-electron chi connectivity index (χ3n) is 3.83. The lowest BCUT2D eigenvalue weighted by Crippen LogP contribution is -2.35. The number of aromatic nitrogens is 1. The average Bonchev–Trinajstić information content (AvgIpc) is 2.88. The van der Waals surface area contributed by atoms with E-state index in [1.807, 2.05) is 0 Å². The zero-order valence-electron chi connectivity index (χ0n) is 11.8. The highest BCUT2D eigenvalue weighted by atomic mass is 32.1. The molecular formula is C13H18N4O2S. The summed E-state index contributed by atoms with van der Waals surface area (Å²) in [4.78, 5) is 34.6. The minimum absolute atomic E-state index is 0.102. The lowest BCUT2D eigenvalue weighted by atomic mass is 10.1. The van der Waals surface area contributed by atoms with E-state index in [0.717, 1.165) is 31.1 Å². The summed E-state index contributed by atoms with van der Waals surface area (Å²) in [5.41, 5.74) is 0. The Labute approximate surface area is 122 Å². The van der Waals surface area contributed by atoms with Crippen LogP contribution in [0.25, 0.3) is 0 Å². The van der Waals surface area contributed by atoms with Crippen LogP contribution >= 0.6 is 11.3 Å². The van der Waals surface area contributed by atoms with Gasteiger partial charge in [-0.3, -0.25) is 14.5 Å². The second-order valence-corrected chi connectivity index (χ2v) is 6.29. The summed E-state index contributed by atoms with van der Waals surface area (Å²) >= 11 is 1.40. The zero-order chi connectivity index (χ0) is 14.3. The van der Waals surface area contributed by atoms with Gasteiger partial charge >= 0.3 is 0 Å². The van der Waals surface area contributed by atoms with Crippen molar-refractivity contribution in [2.45, 2.75) is 19.3 Å². The summed E-state index contributed by atoms with van der Waals surface area (Å²) in [6, 6.07) is 0. The fraction of sp³-hybridized carbons (Fsp3) is 0.615. The molecule has 0 aromatic carbocycles. The van der Waals surface area contributed by atoms with Crippen molar-refractivity contribution in [1.29, 1.82) is 0 Å². The van der Waals surface area contributed by atoms with Crippen molar-refractivity contribution in [2.24, 2.45) is 0 Å². The number of thiazole rings is 1. The van der Waals surface area contributed by atoms with E-state index in [0.29, 0.717) is 10.7 Å². The van der Waals surface area contributed by atoms with E-state index in [1.165, 1.54) is 27.6 Å². The van der Waals surface area contributed by atoms with Crippen molar-refractivity contribution >= 4 is 34.1 Å². The number of likely N-dealkylation sites (N-methyl/N-ethyl adjacent to an activating group) is 2. The van der Waals surface area contributed by atoms with Crippen molar-refractivity contribution in [3.05, 3.63) is 4.88 Å². The molecule has 1 fully saturated rings. The number of hydrogen-bond acceptors (Lipinski definition) is 5. The van der Waals surface area contributed by atoms with E-state index in [4.69, 9.17) is 0 Å². The van der Waals surface area contributed by atoms with Crippen LogP contribution < -0.4 is 9.80 Å². The second-order valence-electron chi connectivity index (χ2n) is 5.31. The molecule has 3 rings (SSSR count). The molecule has 2 aliphatic rings. The molecule has 1 aromatic rings. The average molecular weight is 294 g/mol. The van der Waals surface area contributed by atoms with Gasteiger partial charge in [0, 0.05) is 27.2 Å². The van der Waals surface area contributed by atoms with E-state index in [-0.39, 0.29) is 18.4 Å². The largest absolute Gasteiger partial charge is 0.348 e. The second kappa shape index (κ2) is 5.05. The van der Waals surface area contributed by atoms with Crippen molar-refractivity contribution in [3.63, 3.8) is 0 Å². The Balaban J connectivity index is 1.99. The maximum Gasteiger partial charge on any atom is 0.268 e. The molecule has 0 atom stereocenters. The monoisotopic (exact) mass is 294 g/mol. The van der Waals surface area contributed by atoms with Gasteiger partial charge in [-0.25, -0.2) is 4.98 Å². The normalized spacial score (nSPS) is 20.2. The van der Waals surface area contributed by atoms with Crippen molar-refractivity contribution < 1.29 is 9.59 Å².